The van der Waals surface area contributed by atoms with Gasteiger partial charge in [-0.2, -0.15) is 0 Å². The Balaban J connectivity index is 2.36. The molecule has 1 aliphatic heterocycles. The van der Waals surface area contributed by atoms with Gasteiger partial charge in [-0.15, -0.1) is 0 Å². The third-order valence-electron chi connectivity index (χ3n) is 2.58. The summed E-state index contributed by atoms with van der Waals surface area (Å²) in [7, 11) is 0. The number of allylic oxidation sites excluding steroid dienone is 2. The maximum absolute atomic E-state index is 4.04. The number of hydrogen-bond donors (Lipinski definition) is 0. The first-order chi connectivity index (χ1) is 6.27. The molecule has 0 spiro atoms. The molecule has 0 radical (unpaired) electrons. The maximum Gasteiger partial charge on any atom is 0.0306 e. The lowest BCUT2D eigenvalue weighted by Crippen LogP contribution is -2.45. The number of hydrogen-bond acceptors (Lipinski definition) is 2. The standard InChI is InChI=1S/C11H20N2/c1-4-6-11(3)13-9-7-12(5-2)8-10-13/h4,6H,3,5,7-10H2,1-2H3/b6-4-. The molecule has 0 aromatic heterocycles. The van der Waals surface area contributed by atoms with Crippen LogP contribution in [-0.2, 0) is 0 Å². The lowest BCUT2D eigenvalue weighted by atomic mass is 10.2. The van der Waals surface area contributed by atoms with Crippen molar-refractivity contribution < 1.29 is 0 Å². The van der Waals surface area contributed by atoms with Crippen LogP contribution in [0.25, 0.3) is 0 Å². The molecule has 2 heteroatoms. The SMILES string of the molecule is C=C(/C=C\C)N1CCN(CC)CC1. The van der Waals surface area contributed by atoms with E-state index in [-0.39, 0.29) is 0 Å². The Morgan fingerprint density at radius 2 is 1.92 bits per heavy atom. The van der Waals surface area contributed by atoms with E-state index in [0.29, 0.717) is 0 Å². The van der Waals surface area contributed by atoms with Crippen LogP contribution in [0.3, 0.4) is 0 Å². The van der Waals surface area contributed by atoms with Crippen molar-refractivity contribution in [1.29, 1.82) is 0 Å². The molecule has 0 bridgehead atoms. The molecular formula is C11H20N2. The third-order valence-corrected chi connectivity index (χ3v) is 2.58. The van der Waals surface area contributed by atoms with Crippen molar-refractivity contribution in [2.45, 2.75) is 13.8 Å². The zero-order valence-electron chi connectivity index (χ0n) is 8.79. The minimum Gasteiger partial charge on any atom is -0.369 e. The van der Waals surface area contributed by atoms with Gasteiger partial charge >= 0.3 is 0 Å². The van der Waals surface area contributed by atoms with E-state index in [1.165, 1.54) is 19.6 Å². The summed E-state index contributed by atoms with van der Waals surface area (Å²) in [6.07, 6.45) is 4.14. The van der Waals surface area contributed by atoms with Crippen molar-refractivity contribution in [2.24, 2.45) is 0 Å². The number of nitrogens with zero attached hydrogens (tertiary/aromatic N) is 2. The Bertz CT molecular complexity index is 188. The maximum atomic E-state index is 4.04. The van der Waals surface area contributed by atoms with Crippen LogP contribution in [0.4, 0.5) is 0 Å². The summed E-state index contributed by atoms with van der Waals surface area (Å²) in [5.41, 5.74) is 1.15. The average molecular weight is 180 g/mol. The zero-order valence-corrected chi connectivity index (χ0v) is 8.79. The zero-order chi connectivity index (χ0) is 9.68. The van der Waals surface area contributed by atoms with Crippen LogP contribution in [0.2, 0.25) is 0 Å². The topological polar surface area (TPSA) is 6.48 Å². The predicted octanol–water partition coefficient (Wildman–Crippen LogP) is 1.71. The Hall–Kier alpha value is -0.760. The quantitative estimate of drug-likeness (QED) is 0.610. The minimum absolute atomic E-state index is 1.12. The van der Waals surface area contributed by atoms with Crippen molar-refractivity contribution in [2.75, 3.05) is 32.7 Å². The van der Waals surface area contributed by atoms with Gasteiger partial charge in [-0.05, 0) is 19.5 Å². The highest BCUT2D eigenvalue weighted by atomic mass is 15.3. The van der Waals surface area contributed by atoms with Gasteiger partial charge in [0.25, 0.3) is 0 Å². The van der Waals surface area contributed by atoms with E-state index in [9.17, 15) is 0 Å². The van der Waals surface area contributed by atoms with Crippen molar-refractivity contribution in [3.05, 3.63) is 24.4 Å². The average Bonchev–Trinajstić information content (AvgIpc) is 2.18. The fraction of sp³-hybridized carbons (Fsp3) is 0.636. The molecule has 0 aliphatic carbocycles. The lowest BCUT2D eigenvalue weighted by molar-refractivity contribution is 0.169. The molecule has 0 N–H and O–H groups in total. The van der Waals surface area contributed by atoms with Gasteiger partial charge < -0.3 is 9.80 Å². The number of piperazine rings is 1. The van der Waals surface area contributed by atoms with Crippen molar-refractivity contribution in [3.8, 4) is 0 Å². The first kappa shape index (κ1) is 10.3. The van der Waals surface area contributed by atoms with Crippen LogP contribution >= 0.6 is 0 Å². The van der Waals surface area contributed by atoms with E-state index in [1.54, 1.807) is 0 Å². The van der Waals surface area contributed by atoms with E-state index >= 15 is 0 Å². The Morgan fingerprint density at radius 1 is 1.31 bits per heavy atom. The van der Waals surface area contributed by atoms with Gasteiger partial charge in [0.2, 0.25) is 0 Å². The molecule has 1 fully saturated rings. The van der Waals surface area contributed by atoms with E-state index in [1.807, 2.05) is 6.92 Å². The Morgan fingerprint density at radius 3 is 2.38 bits per heavy atom. The molecule has 1 saturated heterocycles. The van der Waals surface area contributed by atoms with Crippen LogP contribution in [-0.4, -0.2) is 42.5 Å². The van der Waals surface area contributed by atoms with Crippen LogP contribution in [0.15, 0.2) is 24.4 Å². The summed E-state index contributed by atoms with van der Waals surface area (Å²) in [5, 5.41) is 0. The summed E-state index contributed by atoms with van der Waals surface area (Å²) >= 11 is 0. The fourth-order valence-corrected chi connectivity index (χ4v) is 1.65. The van der Waals surface area contributed by atoms with Crippen LogP contribution in [0.5, 0.6) is 0 Å². The molecule has 2 nitrogen and oxygen atoms in total. The molecule has 0 saturated carbocycles. The molecule has 1 rings (SSSR count). The fourth-order valence-electron chi connectivity index (χ4n) is 1.65. The Kier molecular flexibility index (Phi) is 4.03. The highest BCUT2D eigenvalue weighted by Crippen LogP contribution is 2.08. The van der Waals surface area contributed by atoms with E-state index in [0.717, 1.165) is 18.8 Å². The number of likely N-dealkylation sites (N-methyl/N-ethyl adjacent to an activating group) is 1. The van der Waals surface area contributed by atoms with E-state index in [2.05, 4.69) is 35.5 Å². The number of rotatable bonds is 3. The van der Waals surface area contributed by atoms with Crippen molar-refractivity contribution >= 4 is 0 Å². The summed E-state index contributed by atoms with van der Waals surface area (Å²) in [4.78, 5) is 4.82. The summed E-state index contributed by atoms with van der Waals surface area (Å²) in [6.45, 7) is 14.1. The molecule has 0 aromatic carbocycles. The van der Waals surface area contributed by atoms with Crippen molar-refractivity contribution in [3.63, 3.8) is 0 Å². The van der Waals surface area contributed by atoms with Gasteiger partial charge in [-0.3, -0.25) is 0 Å². The van der Waals surface area contributed by atoms with Gasteiger partial charge in [0.15, 0.2) is 0 Å². The first-order valence-corrected chi connectivity index (χ1v) is 5.06. The van der Waals surface area contributed by atoms with Crippen molar-refractivity contribution in [1.82, 2.24) is 9.80 Å². The van der Waals surface area contributed by atoms with Gasteiger partial charge in [0.1, 0.15) is 0 Å². The molecular weight excluding hydrogens is 160 g/mol. The van der Waals surface area contributed by atoms with Gasteiger partial charge in [0.05, 0.1) is 0 Å². The minimum atomic E-state index is 1.12. The molecule has 0 unspecified atom stereocenters. The smallest absolute Gasteiger partial charge is 0.0306 e. The second-order valence-electron chi connectivity index (χ2n) is 3.41. The largest absolute Gasteiger partial charge is 0.369 e. The lowest BCUT2D eigenvalue weighted by Gasteiger charge is -2.35. The highest BCUT2D eigenvalue weighted by molar-refractivity contribution is 5.13. The van der Waals surface area contributed by atoms with E-state index in [4.69, 9.17) is 0 Å². The Labute approximate surface area is 81.5 Å². The van der Waals surface area contributed by atoms with Crippen LogP contribution < -0.4 is 0 Å². The summed E-state index contributed by atoms with van der Waals surface area (Å²) < 4.78 is 0. The molecule has 13 heavy (non-hydrogen) atoms. The van der Waals surface area contributed by atoms with Gasteiger partial charge in [0, 0.05) is 31.9 Å². The highest BCUT2D eigenvalue weighted by Gasteiger charge is 2.14. The second kappa shape index (κ2) is 5.07. The summed E-state index contributed by atoms with van der Waals surface area (Å²) in [5.74, 6) is 0. The van der Waals surface area contributed by atoms with Crippen LogP contribution in [0.1, 0.15) is 13.8 Å². The molecule has 0 amide bonds. The molecule has 0 atom stereocenters. The summed E-state index contributed by atoms with van der Waals surface area (Å²) in [6, 6.07) is 0. The van der Waals surface area contributed by atoms with Crippen LogP contribution in [0, 0.1) is 0 Å². The second-order valence-corrected chi connectivity index (χ2v) is 3.41. The third kappa shape index (κ3) is 2.88. The normalized spacial score (nSPS) is 19.7. The molecule has 1 heterocycles. The first-order valence-electron chi connectivity index (χ1n) is 5.06. The molecule has 74 valence electrons. The monoisotopic (exact) mass is 180 g/mol. The van der Waals surface area contributed by atoms with Gasteiger partial charge in [-0.25, -0.2) is 0 Å². The molecule has 1 aliphatic rings. The molecule has 0 aromatic rings. The predicted molar refractivity (Wildman–Crippen MR) is 57.6 cm³/mol. The van der Waals surface area contributed by atoms with Gasteiger partial charge in [-0.1, -0.05) is 19.6 Å². The van der Waals surface area contributed by atoms with E-state index < -0.39 is 0 Å².